The molecule has 6 nitrogen and oxygen atoms in total. The number of carbonyl (C=O) groups excluding carboxylic acids is 2. The van der Waals surface area contributed by atoms with Crippen LogP contribution in [0, 0.1) is 0 Å². The minimum absolute atomic E-state index is 0.0211. The zero-order chi connectivity index (χ0) is 17.6. The predicted octanol–water partition coefficient (Wildman–Crippen LogP) is 1.79. The van der Waals surface area contributed by atoms with Gasteiger partial charge in [-0.3, -0.25) is 9.59 Å². The van der Waals surface area contributed by atoms with E-state index in [1.165, 1.54) is 6.08 Å². The summed E-state index contributed by atoms with van der Waals surface area (Å²) in [4.78, 5) is 29.4. The fraction of sp³-hybridized carbons (Fsp3) is 0.211. The second-order valence-corrected chi connectivity index (χ2v) is 5.74. The van der Waals surface area contributed by atoms with Crippen molar-refractivity contribution in [3.05, 3.63) is 72.4 Å². The molecule has 6 heteroatoms. The molecular weight excluding hydrogens is 318 g/mol. The Morgan fingerprint density at radius 1 is 1.24 bits per heavy atom. The van der Waals surface area contributed by atoms with Crippen molar-refractivity contribution in [1.82, 2.24) is 15.2 Å². The van der Waals surface area contributed by atoms with Gasteiger partial charge in [0.1, 0.15) is 6.10 Å². The number of amides is 2. The molecule has 1 aromatic carbocycles. The number of rotatable bonds is 6. The van der Waals surface area contributed by atoms with Gasteiger partial charge in [0.25, 0.3) is 5.91 Å². The lowest BCUT2D eigenvalue weighted by atomic mass is 10.1. The van der Waals surface area contributed by atoms with E-state index in [4.69, 9.17) is 4.74 Å². The van der Waals surface area contributed by atoms with E-state index in [2.05, 4.69) is 16.9 Å². The van der Waals surface area contributed by atoms with Crippen LogP contribution >= 0.6 is 0 Å². The smallest absolute Gasteiger partial charge is 0.254 e. The Morgan fingerprint density at radius 2 is 2.00 bits per heavy atom. The topological polar surface area (TPSA) is 71.5 Å². The van der Waals surface area contributed by atoms with E-state index in [1.54, 1.807) is 29.3 Å². The van der Waals surface area contributed by atoms with Crippen molar-refractivity contribution in [3.63, 3.8) is 0 Å². The summed E-state index contributed by atoms with van der Waals surface area (Å²) >= 11 is 0. The molecule has 0 spiro atoms. The minimum Gasteiger partial charge on any atom is -0.471 e. The van der Waals surface area contributed by atoms with Crippen LogP contribution in [0.15, 0.2) is 61.3 Å². The number of aromatic nitrogens is 1. The number of pyridine rings is 1. The molecule has 1 N–H and O–H groups in total. The highest BCUT2D eigenvalue weighted by Crippen LogP contribution is 2.18. The monoisotopic (exact) mass is 337 g/mol. The molecule has 1 aromatic heterocycles. The van der Waals surface area contributed by atoms with E-state index < -0.39 is 0 Å². The van der Waals surface area contributed by atoms with Crippen LogP contribution in [0.5, 0.6) is 5.88 Å². The molecule has 1 saturated heterocycles. The van der Waals surface area contributed by atoms with Gasteiger partial charge in [0.15, 0.2) is 0 Å². The number of carbonyl (C=O) groups is 2. The van der Waals surface area contributed by atoms with Gasteiger partial charge in [-0.1, -0.05) is 24.8 Å². The summed E-state index contributed by atoms with van der Waals surface area (Å²) in [6.07, 6.45) is 2.88. The molecule has 1 aliphatic rings. The van der Waals surface area contributed by atoms with Crippen LogP contribution < -0.4 is 10.1 Å². The third kappa shape index (κ3) is 4.23. The lowest BCUT2D eigenvalue weighted by Gasteiger charge is -2.38. The van der Waals surface area contributed by atoms with Gasteiger partial charge in [-0.05, 0) is 29.8 Å². The first-order valence-corrected chi connectivity index (χ1v) is 8.02. The van der Waals surface area contributed by atoms with E-state index in [1.807, 2.05) is 24.3 Å². The molecule has 1 aliphatic heterocycles. The van der Waals surface area contributed by atoms with Gasteiger partial charge in [-0.15, -0.1) is 0 Å². The standard InChI is InChI=1S/C19H19N3O3/c1-2-17(23)21-11-14-6-8-15(9-7-14)19(24)22-12-16(13-22)25-18-5-3-4-10-20-18/h2-10,16H,1,11-13H2,(H,21,23). The number of hydrogen-bond acceptors (Lipinski definition) is 4. The maximum atomic E-state index is 12.4. The zero-order valence-electron chi connectivity index (χ0n) is 13.7. The molecule has 2 amide bonds. The summed E-state index contributed by atoms with van der Waals surface area (Å²) in [5, 5.41) is 2.70. The first-order chi connectivity index (χ1) is 12.2. The van der Waals surface area contributed by atoms with Gasteiger partial charge in [-0.2, -0.15) is 0 Å². The lowest BCUT2D eigenvalue weighted by Crippen LogP contribution is -2.56. The molecular formula is C19H19N3O3. The Kier molecular flexibility index (Phi) is 5.09. The summed E-state index contributed by atoms with van der Waals surface area (Å²) in [6.45, 7) is 4.90. The lowest BCUT2D eigenvalue weighted by molar-refractivity contribution is -0.116. The molecule has 0 aliphatic carbocycles. The highest BCUT2D eigenvalue weighted by atomic mass is 16.5. The zero-order valence-corrected chi connectivity index (χ0v) is 13.7. The maximum Gasteiger partial charge on any atom is 0.254 e. The average molecular weight is 337 g/mol. The number of ether oxygens (including phenoxy) is 1. The van der Waals surface area contributed by atoms with Crippen LogP contribution in [0.25, 0.3) is 0 Å². The van der Waals surface area contributed by atoms with Crippen molar-refractivity contribution in [2.75, 3.05) is 13.1 Å². The minimum atomic E-state index is -0.223. The van der Waals surface area contributed by atoms with Gasteiger partial charge >= 0.3 is 0 Å². The van der Waals surface area contributed by atoms with Crippen LogP contribution in [-0.4, -0.2) is 40.9 Å². The molecule has 128 valence electrons. The van der Waals surface area contributed by atoms with Crippen LogP contribution in [0.2, 0.25) is 0 Å². The molecule has 0 unspecified atom stereocenters. The Balaban J connectivity index is 1.49. The molecule has 25 heavy (non-hydrogen) atoms. The summed E-state index contributed by atoms with van der Waals surface area (Å²) < 4.78 is 5.70. The summed E-state index contributed by atoms with van der Waals surface area (Å²) in [6, 6.07) is 12.7. The summed E-state index contributed by atoms with van der Waals surface area (Å²) in [5.74, 6) is 0.327. The van der Waals surface area contributed by atoms with Crippen LogP contribution in [0.4, 0.5) is 0 Å². The highest BCUT2D eigenvalue weighted by molar-refractivity contribution is 5.94. The number of benzene rings is 1. The number of nitrogens with one attached hydrogen (secondary N) is 1. The third-order valence-electron chi connectivity index (χ3n) is 3.91. The van der Waals surface area contributed by atoms with Crippen molar-refractivity contribution < 1.29 is 14.3 Å². The Bertz CT molecular complexity index is 753. The maximum absolute atomic E-state index is 12.4. The van der Waals surface area contributed by atoms with E-state index in [9.17, 15) is 9.59 Å². The van der Waals surface area contributed by atoms with E-state index in [0.29, 0.717) is 31.1 Å². The number of likely N-dealkylation sites (tertiary alicyclic amines) is 1. The van der Waals surface area contributed by atoms with Gasteiger partial charge in [0, 0.05) is 24.4 Å². The second-order valence-electron chi connectivity index (χ2n) is 5.74. The van der Waals surface area contributed by atoms with E-state index in [-0.39, 0.29) is 17.9 Å². The SMILES string of the molecule is C=CC(=O)NCc1ccc(C(=O)N2CC(Oc3ccccn3)C2)cc1. The number of hydrogen-bond donors (Lipinski definition) is 1. The van der Waals surface area contributed by atoms with Crippen LogP contribution in [-0.2, 0) is 11.3 Å². The quantitative estimate of drug-likeness (QED) is 0.816. The number of nitrogens with zero attached hydrogens (tertiary/aromatic N) is 2. The first kappa shape index (κ1) is 16.7. The molecule has 3 rings (SSSR count). The summed E-state index contributed by atoms with van der Waals surface area (Å²) in [7, 11) is 0. The molecule has 0 radical (unpaired) electrons. The van der Waals surface area contributed by atoms with Gasteiger partial charge in [0.05, 0.1) is 13.1 Å². The Hall–Kier alpha value is -3.15. The fourth-order valence-corrected chi connectivity index (χ4v) is 2.48. The Morgan fingerprint density at radius 3 is 2.64 bits per heavy atom. The summed E-state index contributed by atoms with van der Waals surface area (Å²) in [5.41, 5.74) is 1.54. The average Bonchev–Trinajstić information content (AvgIpc) is 2.63. The molecule has 2 aromatic rings. The molecule has 2 heterocycles. The largest absolute Gasteiger partial charge is 0.471 e. The van der Waals surface area contributed by atoms with Gasteiger partial charge in [-0.25, -0.2) is 4.98 Å². The normalized spacial score (nSPS) is 13.7. The van der Waals surface area contributed by atoms with Crippen molar-refractivity contribution in [2.45, 2.75) is 12.6 Å². The van der Waals surface area contributed by atoms with Crippen molar-refractivity contribution in [1.29, 1.82) is 0 Å². The first-order valence-electron chi connectivity index (χ1n) is 8.02. The second kappa shape index (κ2) is 7.61. The van der Waals surface area contributed by atoms with Crippen molar-refractivity contribution in [2.24, 2.45) is 0 Å². The van der Waals surface area contributed by atoms with Crippen molar-refractivity contribution >= 4 is 11.8 Å². The van der Waals surface area contributed by atoms with Crippen LogP contribution in [0.1, 0.15) is 15.9 Å². The molecule has 0 bridgehead atoms. The third-order valence-corrected chi connectivity index (χ3v) is 3.91. The Labute approximate surface area is 146 Å². The van der Waals surface area contributed by atoms with E-state index in [0.717, 1.165) is 5.56 Å². The predicted molar refractivity (Wildman–Crippen MR) is 93.0 cm³/mol. The van der Waals surface area contributed by atoms with Gasteiger partial charge in [0.2, 0.25) is 11.8 Å². The fourth-order valence-electron chi connectivity index (χ4n) is 2.48. The molecule has 0 atom stereocenters. The van der Waals surface area contributed by atoms with Gasteiger partial charge < -0.3 is 15.0 Å². The highest BCUT2D eigenvalue weighted by Gasteiger charge is 2.32. The van der Waals surface area contributed by atoms with Crippen LogP contribution in [0.3, 0.4) is 0 Å². The van der Waals surface area contributed by atoms with E-state index >= 15 is 0 Å². The molecule has 0 saturated carbocycles. The molecule has 1 fully saturated rings. The van der Waals surface area contributed by atoms with Crippen molar-refractivity contribution in [3.8, 4) is 5.88 Å².